The van der Waals surface area contributed by atoms with Crippen LogP contribution in [-0.2, 0) is 6.54 Å². The predicted octanol–water partition coefficient (Wildman–Crippen LogP) is 1.87. The second-order valence-electron chi connectivity index (χ2n) is 3.68. The average molecular weight is 229 g/mol. The van der Waals surface area contributed by atoms with Crippen LogP contribution in [0.4, 0.5) is 0 Å². The molecule has 1 heterocycles. The third kappa shape index (κ3) is 2.60. The van der Waals surface area contributed by atoms with E-state index in [2.05, 4.69) is 21.4 Å². The van der Waals surface area contributed by atoms with Crippen LogP contribution in [0.2, 0.25) is 0 Å². The van der Waals surface area contributed by atoms with Gasteiger partial charge in [0.15, 0.2) is 0 Å². The Morgan fingerprint density at radius 1 is 1.18 bits per heavy atom. The zero-order valence-corrected chi connectivity index (χ0v) is 9.97. The maximum absolute atomic E-state index is 5.32. The summed E-state index contributed by atoms with van der Waals surface area (Å²) in [6.07, 6.45) is 5.14. The number of rotatable bonds is 4. The number of methoxy groups -OCH3 is 1. The van der Waals surface area contributed by atoms with Crippen molar-refractivity contribution in [2.75, 3.05) is 14.2 Å². The molecule has 0 aliphatic rings. The zero-order valence-electron chi connectivity index (χ0n) is 9.97. The first-order chi connectivity index (χ1) is 8.35. The van der Waals surface area contributed by atoms with Gasteiger partial charge in [0.25, 0.3) is 0 Å². The Kier molecular flexibility index (Phi) is 3.67. The maximum atomic E-state index is 5.32. The lowest BCUT2D eigenvalue weighted by atomic mass is 10.0. The van der Waals surface area contributed by atoms with Gasteiger partial charge in [-0.1, -0.05) is 6.07 Å². The maximum Gasteiger partial charge on any atom is 0.123 e. The van der Waals surface area contributed by atoms with Gasteiger partial charge in [-0.15, -0.1) is 0 Å². The summed E-state index contributed by atoms with van der Waals surface area (Å²) in [5.41, 5.74) is 3.22. The van der Waals surface area contributed by atoms with E-state index < -0.39 is 0 Å². The van der Waals surface area contributed by atoms with E-state index in [9.17, 15) is 0 Å². The number of aromatic nitrogens is 2. The highest BCUT2D eigenvalue weighted by Gasteiger charge is 2.05. The summed E-state index contributed by atoms with van der Waals surface area (Å²) in [5, 5.41) is 3.13. The van der Waals surface area contributed by atoms with Gasteiger partial charge in [0.1, 0.15) is 12.1 Å². The molecule has 0 bridgehead atoms. The minimum absolute atomic E-state index is 0.769. The first-order valence-electron chi connectivity index (χ1n) is 5.42. The molecule has 0 aliphatic heterocycles. The molecule has 4 nitrogen and oxygen atoms in total. The Bertz CT molecular complexity index is 485. The van der Waals surface area contributed by atoms with Crippen molar-refractivity contribution in [1.29, 1.82) is 0 Å². The topological polar surface area (TPSA) is 47.0 Å². The Balaban J connectivity index is 2.40. The highest BCUT2D eigenvalue weighted by atomic mass is 16.5. The summed E-state index contributed by atoms with van der Waals surface area (Å²) in [4.78, 5) is 8.04. The number of hydrogen-bond acceptors (Lipinski definition) is 4. The van der Waals surface area contributed by atoms with Crippen molar-refractivity contribution in [1.82, 2.24) is 15.3 Å². The van der Waals surface area contributed by atoms with E-state index in [0.717, 1.165) is 29.0 Å². The van der Waals surface area contributed by atoms with E-state index >= 15 is 0 Å². The summed E-state index contributed by atoms with van der Waals surface area (Å²) in [6.45, 7) is 0.769. The largest absolute Gasteiger partial charge is 0.496 e. The van der Waals surface area contributed by atoms with Gasteiger partial charge in [-0.25, -0.2) is 9.97 Å². The van der Waals surface area contributed by atoms with Crippen LogP contribution >= 0.6 is 0 Å². The van der Waals surface area contributed by atoms with E-state index in [4.69, 9.17) is 4.74 Å². The van der Waals surface area contributed by atoms with Gasteiger partial charge in [0, 0.05) is 30.1 Å². The lowest BCUT2D eigenvalue weighted by Gasteiger charge is -2.10. The number of ether oxygens (including phenoxy) is 1. The molecule has 17 heavy (non-hydrogen) atoms. The molecule has 1 aromatic heterocycles. The number of nitrogens with zero attached hydrogens (tertiary/aromatic N) is 2. The molecule has 0 amide bonds. The molecule has 0 saturated heterocycles. The second-order valence-corrected chi connectivity index (χ2v) is 3.68. The molecular weight excluding hydrogens is 214 g/mol. The van der Waals surface area contributed by atoms with Crippen molar-refractivity contribution in [3.63, 3.8) is 0 Å². The summed E-state index contributed by atoms with van der Waals surface area (Å²) < 4.78 is 5.32. The molecule has 0 fully saturated rings. The van der Waals surface area contributed by atoms with E-state index in [0.29, 0.717) is 0 Å². The minimum Gasteiger partial charge on any atom is -0.496 e. The van der Waals surface area contributed by atoms with Gasteiger partial charge in [0.2, 0.25) is 0 Å². The summed E-state index contributed by atoms with van der Waals surface area (Å²) in [6, 6.07) is 6.07. The van der Waals surface area contributed by atoms with Crippen LogP contribution in [0.3, 0.4) is 0 Å². The van der Waals surface area contributed by atoms with Crippen LogP contribution in [0.25, 0.3) is 11.1 Å². The monoisotopic (exact) mass is 229 g/mol. The molecule has 0 atom stereocenters. The zero-order chi connectivity index (χ0) is 12.1. The van der Waals surface area contributed by atoms with E-state index in [-0.39, 0.29) is 0 Å². The van der Waals surface area contributed by atoms with Crippen LogP contribution in [0, 0.1) is 0 Å². The first kappa shape index (κ1) is 11.5. The minimum atomic E-state index is 0.769. The molecule has 0 unspecified atom stereocenters. The van der Waals surface area contributed by atoms with Crippen LogP contribution in [0.5, 0.6) is 5.75 Å². The van der Waals surface area contributed by atoms with E-state index in [1.54, 1.807) is 19.5 Å². The summed E-state index contributed by atoms with van der Waals surface area (Å²) >= 11 is 0. The first-order valence-corrected chi connectivity index (χ1v) is 5.42. The second kappa shape index (κ2) is 5.41. The molecule has 0 radical (unpaired) electrons. The number of nitrogens with one attached hydrogen (secondary N) is 1. The fourth-order valence-corrected chi connectivity index (χ4v) is 1.73. The normalized spacial score (nSPS) is 10.2. The third-order valence-corrected chi connectivity index (χ3v) is 2.54. The predicted molar refractivity (Wildman–Crippen MR) is 66.8 cm³/mol. The fourth-order valence-electron chi connectivity index (χ4n) is 1.73. The molecule has 4 heteroatoms. The van der Waals surface area contributed by atoms with Crippen LogP contribution in [-0.4, -0.2) is 24.1 Å². The van der Waals surface area contributed by atoms with E-state index in [1.165, 1.54) is 6.33 Å². The SMILES string of the molecule is CNCc1cc(-c2cncnc2)ccc1OC. The van der Waals surface area contributed by atoms with Crippen molar-refractivity contribution in [3.05, 3.63) is 42.5 Å². The Hall–Kier alpha value is -1.94. The standard InChI is InChI=1S/C13H15N3O/c1-14-6-11-5-10(3-4-13(11)17-2)12-7-15-9-16-8-12/h3-5,7-9,14H,6H2,1-2H3. The van der Waals surface area contributed by atoms with Gasteiger partial charge in [-0.2, -0.15) is 0 Å². The van der Waals surface area contributed by atoms with E-state index in [1.807, 2.05) is 19.2 Å². The van der Waals surface area contributed by atoms with Crippen molar-refractivity contribution in [2.24, 2.45) is 0 Å². The Morgan fingerprint density at radius 2 is 1.94 bits per heavy atom. The average Bonchev–Trinajstić information content (AvgIpc) is 2.40. The highest BCUT2D eigenvalue weighted by Crippen LogP contribution is 2.25. The van der Waals surface area contributed by atoms with Gasteiger partial charge in [-0.05, 0) is 24.7 Å². The van der Waals surface area contributed by atoms with Gasteiger partial charge < -0.3 is 10.1 Å². The molecule has 1 aromatic carbocycles. The van der Waals surface area contributed by atoms with Crippen molar-refractivity contribution in [3.8, 4) is 16.9 Å². The molecule has 2 rings (SSSR count). The summed E-state index contributed by atoms with van der Waals surface area (Å²) in [5.74, 6) is 0.889. The van der Waals surface area contributed by atoms with Crippen molar-refractivity contribution < 1.29 is 4.74 Å². The Labute approximate surface area is 101 Å². The molecule has 0 saturated carbocycles. The fraction of sp³-hybridized carbons (Fsp3) is 0.231. The molecule has 2 aromatic rings. The van der Waals surface area contributed by atoms with Crippen LogP contribution in [0.1, 0.15) is 5.56 Å². The van der Waals surface area contributed by atoms with Crippen molar-refractivity contribution in [2.45, 2.75) is 6.54 Å². The third-order valence-electron chi connectivity index (χ3n) is 2.54. The quantitative estimate of drug-likeness (QED) is 0.869. The van der Waals surface area contributed by atoms with Gasteiger partial charge in [0.05, 0.1) is 7.11 Å². The van der Waals surface area contributed by atoms with Crippen LogP contribution < -0.4 is 10.1 Å². The van der Waals surface area contributed by atoms with Crippen molar-refractivity contribution >= 4 is 0 Å². The van der Waals surface area contributed by atoms with Gasteiger partial charge in [-0.3, -0.25) is 0 Å². The molecule has 0 spiro atoms. The van der Waals surface area contributed by atoms with Crippen LogP contribution in [0.15, 0.2) is 36.9 Å². The molecule has 1 N–H and O–H groups in total. The summed E-state index contributed by atoms with van der Waals surface area (Å²) in [7, 11) is 3.59. The molecule has 0 aliphatic carbocycles. The molecule has 88 valence electrons. The lowest BCUT2D eigenvalue weighted by Crippen LogP contribution is -2.06. The number of hydrogen-bond donors (Lipinski definition) is 1. The van der Waals surface area contributed by atoms with Gasteiger partial charge >= 0.3 is 0 Å². The smallest absolute Gasteiger partial charge is 0.123 e. The Morgan fingerprint density at radius 3 is 2.59 bits per heavy atom. The highest BCUT2D eigenvalue weighted by molar-refractivity contribution is 5.64. The number of benzene rings is 1. The molecular formula is C13H15N3O. The lowest BCUT2D eigenvalue weighted by molar-refractivity contribution is 0.408.